The largest absolute Gasteiger partial charge is 0.368 e. The standard InChI is InChI=1S/C13H25N7/c1-4-20(5-2)13-17-11(14)16-12(18-13)15-10-6-8-19(3)9-7-10/h10H,4-9H2,1-3H3,(H3,14,15,16,17,18). The number of nitrogens with zero attached hydrogens (tertiary/aromatic N) is 5. The van der Waals surface area contributed by atoms with Crippen LogP contribution in [-0.2, 0) is 0 Å². The lowest BCUT2D eigenvalue weighted by molar-refractivity contribution is 0.263. The Kier molecular flexibility index (Phi) is 4.94. The van der Waals surface area contributed by atoms with Gasteiger partial charge in [0.15, 0.2) is 0 Å². The highest BCUT2D eigenvalue weighted by atomic mass is 15.3. The molecule has 20 heavy (non-hydrogen) atoms. The molecular formula is C13H25N7. The zero-order chi connectivity index (χ0) is 14.5. The molecule has 0 aromatic carbocycles. The lowest BCUT2D eigenvalue weighted by Gasteiger charge is -2.29. The fourth-order valence-electron chi connectivity index (χ4n) is 2.43. The maximum absolute atomic E-state index is 5.80. The minimum Gasteiger partial charge on any atom is -0.368 e. The molecular weight excluding hydrogens is 254 g/mol. The van der Waals surface area contributed by atoms with Crippen LogP contribution in [-0.4, -0.2) is 59.1 Å². The smallest absolute Gasteiger partial charge is 0.231 e. The maximum atomic E-state index is 5.80. The Bertz CT molecular complexity index is 425. The van der Waals surface area contributed by atoms with Gasteiger partial charge in [-0.25, -0.2) is 0 Å². The topological polar surface area (TPSA) is 83.2 Å². The van der Waals surface area contributed by atoms with Gasteiger partial charge >= 0.3 is 0 Å². The summed E-state index contributed by atoms with van der Waals surface area (Å²) in [5.74, 6) is 1.52. The number of rotatable bonds is 5. The second kappa shape index (κ2) is 6.69. The molecule has 1 aromatic rings. The van der Waals surface area contributed by atoms with Crippen molar-refractivity contribution in [1.29, 1.82) is 0 Å². The molecule has 112 valence electrons. The number of nitrogen functional groups attached to an aromatic ring is 1. The molecule has 1 aromatic heterocycles. The molecule has 1 aliphatic rings. The third kappa shape index (κ3) is 3.69. The molecule has 0 unspecified atom stereocenters. The summed E-state index contributed by atoms with van der Waals surface area (Å²) in [7, 11) is 2.15. The van der Waals surface area contributed by atoms with Crippen molar-refractivity contribution in [2.45, 2.75) is 32.7 Å². The van der Waals surface area contributed by atoms with Gasteiger partial charge in [0.1, 0.15) is 0 Å². The number of likely N-dealkylation sites (tertiary alicyclic amines) is 1. The highest BCUT2D eigenvalue weighted by Crippen LogP contribution is 2.16. The van der Waals surface area contributed by atoms with Gasteiger partial charge in [0.05, 0.1) is 0 Å². The average molecular weight is 279 g/mol. The van der Waals surface area contributed by atoms with Crippen LogP contribution in [0.3, 0.4) is 0 Å². The number of hydrogen-bond acceptors (Lipinski definition) is 7. The van der Waals surface area contributed by atoms with Crippen molar-refractivity contribution in [2.24, 2.45) is 0 Å². The van der Waals surface area contributed by atoms with Gasteiger partial charge in [-0.3, -0.25) is 0 Å². The third-order valence-electron chi connectivity index (χ3n) is 3.74. The van der Waals surface area contributed by atoms with E-state index in [1.54, 1.807) is 0 Å². The Morgan fingerprint density at radius 3 is 2.45 bits per heavy atom. The average Bonchev–Trinajstić information content (AvgIpc) is 2.42. The minimum absolute atomic E-state index is 0.275. The molecule has 7 heteroatoms. The second-order valence-corrected chi connectivity index (χ2v) is 5.21. The van der Waals surface area contributed by atoms with Crippen LogP contribution < -0.4 is 16.0 Å². The van der Waals surface area contributed by atoms with Crippen molar-refractivity contribution >= 4 is 17.8 Å². The number of nitrogens with two attached hydrogens (primary N) is 1. The first-order valence-corrected chi connectivity index (χ1v) is 7.34. The van der Waals surface area contributed by atoms with E-state index in [4.69, 9.17) is 5.73 Å². The van der Waals surface area contributed by atoms with Crippen molar-refractivity contribution in [2.75, 3.05) is 49.2 Å². The quantitative estimate of drug-likeness (QED) is 0.825. The van der Waals surface area contributed by atoms with Crippen LogP contribution in [0.5, 0.6) is 0 Å². The van der Waals surface area contributed by atoms with E-state index in [0.29, 0.717) is 17.9 Å². The van der Waals surface area contributed by atoms with Crippen LogP contribution in [0.15, 0.2) is 0 Å². The van der Waals surface area contributed by atoms with E-state index in [0.717, 1.165) is 39.0 Å². The maximum Gasteiger partial charge on any atom is 0.231 e. The van der Waals surface area contributed by atoms with Gasteiger partial charge in [0.25, 0.3) is 0 Å². The van der Waals surface area contributed by atoms with Gasteiger partial charge in [0, 0.05) is 19.1 Å². The Hall–Kier alpha value is -1.63. The van der Waals surface area contributed by atoms with E-state index in [1.807, 2.05) is 0 Å². The highest BCUT2D eigenvalue weighted by Gasteiger charge is 2.18. The van der Waals surface area contributed by atoms with Gasteiger partial charge < -0.3 is 20.9 Å². The Balaban J connectivity index is 2.07. The van der Waals surface area contributed by atoms with Crippen LogP contribution in [0.1, 0.15) is 26.7 Å². The summed E-state index contributed by atoms with van der Waals surface area (Å²) in [4.78, 5) is 17.3. The molecule has 2 heterocycles. The summed E-state index contributed by atoms with van der Waals surface area (Å²) in [6, 6.07) is 0.414. The number of hydrogen-bond donors (Lipinski definition) is 2. The van der Waals surface area contributed by atoms with Gasteiger partial charge in [-0.15, -0.1) is 0 Å². The molecule has 1 aliphatic heterocycles. The number of anilines is 3. The number of aromatic nitrogens is 3. The molecule has 0 bridgehead atoms. The van der Waals surface area contributed by atoms with Gasteiger partial charge in [-0.1, -0.05) is 0 Å². The molecule has 1 saturated heterocycles. The van der Waals surface area contributed by atoms with E-state index < -0.39 is 0 Å². The van der Waals surface area contributed by atoms with Crippen molar-refractivity contribution < 1.29 is 0 Å². The molecule has 3 N–H and O–H groups in total. The van der Waals surface area contributed by atoms with Crippen molar-refractivity contribution in [3.05, 3.63) is 0 Å². The first-order chi connectivity index (χ1) is 9.62. The SMILES string of the molecule is CCN(CC)c1nc(N)nc(NC2CCN(C)CC2)n1. The summed E-state index contributed by atoms with van der Waals surface area (Å²) < 4.78 is 0. The molecule has 1 fully saturated rings. The van der Waals surface area contributed by atoms with Crippen molar-refractivity contribution in [1.82, 2.24) is 19.9 Å². The highest BCUT2D eigenvalue weighted by molar-refractivity contribution is 5.42. The van der Waals surface area contributed by atoms with Gasteiger partial charge in [-0.05, 0) is 46.8 Å². The number of piperidine rings is 1. The lowest BCUT2D eigenvalue weighted by Crippen LogP contribution is -2.37. The summed E-state index contributed by atoms with van der Waals surface area (Å²) in [5, 5.41) is 3.39. The zero-order valence-electron chi connectivity index (χ0n) is 12.6. The van der Waals surface area contributed by atoms with E-state index in [1.165, 1.54) is 0 Å². The Morgan fingerprint density at radius 1 is 1.20 bits per heavy atom. The van der Waals surface area contributed by atoms with Crippen LogP contribution in [0.4, 0.5) is 17.8 Å². The molecule has 0 atom stereocenters. The molecule has 0 spiro atoms. The molecule has 7 nitrogen and oxygen atoms in total. The minimum atomic E-state index is 0.275. The fraction of sp³-hybridized carbons (Fsp3) is 0.769. The Labute approximate surface area is 120 Å². The molecule has 0 amide bonds. The van der Waals surface area contributed by atoms with Crippen molar-refractivity contribution in [3.63, 3.8) is 0 Å². The predicted octanol–water partition coefficient (Wildman–Crippen LogP) is 0.806. The summed E-state index contributed by atoms with van der Waals surface area (Å²) in [6.07, 6.45) is 2.20. The van der Waals surface area contributed by atoms with Crippen LogP contribution >= 0.6 is 0 Å². The molecule has 0 radical (unpaired) electrons. The van der Waals surface area contributed by atoms with Crippen molar-refractivity contribution in [3.8, 4) is 0 Å². The van der Waals surface area contributed by atoms with Crippen LogP contribution in [0, 0.1) is 0 Å². The van der Waals surface area contributed by atoms with Crippen LogP contribution in [0.2, 0.25) is 0 Å². The van der Waals surface area contributed by atoms with E-state index in [9.17, 15) is 0 Å². The molecule has 0 saturated carbocycles. The first-order valence-electron chi connectivity index (χ1n) is 7.34. The normalized spacial score (nSPS) is 17.1. The summed E-state index contributed by atoms with van der Waals surface area (Å²) >= 11 is 0. The molecule has 2 rings (SSSR count). The fourth-order valence-corrected chi connectivity index (χ4v) is 2.43. The van der Waals surface area contributed by atoms with E-state index in [-0.39, 0.29) is 5.95 Å². The lowest BCUT2D eigenvalue weighted by atomic mass is 10.1. The zero-order valence-corrected chi connectivity index (χ0v) is 12.6. The van der Waals surface area contributed by atoms with Crippen LogP contribution in [0.25, 0.3) is 0 Å². The molecule has 0 aliphatic carbocycles. The van der Waals surface area contributed by atoms with Gasteiger partial charge in [-0.2, -0.15) is 15.0 Å². The third-order valence-corrected chi connectivity index (χ3v) is 3.74. The predicted molar refractivity (Wildman–Crippen MR) is 81.9 cm³/mol. The Morgan fingerprint density at radius 2 is 1.85 bits per heavy atom. The first kappa shape index (κ1) is 14.8. The monoisotopic (exact) mass is 279 g/mol. The second-order valence-electron chi connectivity index (χ2n) is 5.21. The van der Waals surface area contributed by atoms with E-state index in [2.05, 4.69) is 51.0 Å². The van der Waals surface area contributed by atoms with Gasteiger partial charge in [0.2, 0.25) is 17.8 Å². The van der Waals surface area contributed by atoms with E-state index >= 15 is 0 Å². The number of nitrogens with one attached hydrogen (secondary N) is 1. The summed E-state index contributed by atoms with van der Waals surface area (Å²) in [5.41, 5.74) is 5.80. The summed E-state index contributed by atoms with van der Waals surface area (Å²) in [6.45, 7) is 8.06.